The minimum absolute atomic E-state index is 0.513. The maximum Gasteiger partial charge on any atom is 0.0397 e. The highest BCUT2D eigenvalue weighted by atomic mass is 79.9. The van der Waals surface area contributed by atoms with E-state index < -0.39 is 0 Å². The van der Waals surface area contributed by atoms with Crippen LogP contribution in [0.5, 0.6) is 0 Å². The second-order valence-electron chi connectivity index (χ2n) is 3.18. The molecule has 0 amide bonds. The first kappa shape index (κ1) is 9.79. The van der Waals surface area contributed by atoms with Crippen molar-refractivity contribution in [3.63, 3.8) is 0 Å². The Hall–Kier alpha value is -0.300. The second kappa shape index (κ2) is 4.08. The fourth-order valence-corrected chi connectivity index (χ4v) is 2.25. The molecule has 0 heterocycles. The zero-order valence-electron chi connectivity index (χ0n) is 7.89. The fraction of sp³-hybridized carbons (Fsp3) is 0.455. The Morgan fingerprint density at radius 2 is 1.75 bits per heavy atom. The van der Waals surface area contributed by atoms with Gasteiger partial charge in [0.25, 0.3) is 0 Å². The van der Waals surface area contributed by atoms with Gasteiger partial charge in [-0.15, -0.1) is 0 Å². The third kappa shape index (κ3) is 1.89. The van der Waals surface area contributed by atoms with Gasteiger partial charge in [-0.1, -0.05) is 41.1 Å². The summed E-state index contributed by atoms with van der Waals surface area (Å²) in [4.78, 5) is 0.513. The molecule has 0 saturated heterocycles. The monoisotopic (exact) mass is 226 g/mol. The average molecular weight is 227 g/mol. The highest BCUT2D eigenvalue weighted by Gasteiger charge is 2.09. The van der Waals surface area contributed by atoms with E-state index in [1.54, 1.807) is 0 Å². The molecular formula is C11H15Br. The number of benzene rings is 1. The molecule has 0 fully saturated rings. The highest BCUT2D eigenvalue weighted by molar-refractivity contribution is 9.09. The van der Waals surface area contributed by atoms with E-state index in [0.717, 1.165) is 6.42 Å². The molecule has 0 aliphatic rings. The van der Waals surface area contributed by atoms with Crippen molar-refractivity contribution < 1.29 is 0 Å². The Bertz CT molecular complexity index is 245. The van der Waals surface area contributed by atoms with Gasteiger partial charge in [-0.05, 0) is 37.0 Å². The molecule has 0 N–H and O–H groups in total. The Kier molecular flexibility index (Phi) is 3.33. The number of hydrogen-bond acceptors (Lipinski definition) is 0. The molecule has 1 rings (SSSR count). The smallest absolute Gasteiger partial charge is 0.0397 e. The zero-order valence-corrected chi connectivity index (χ0v) is 9.48. The van der Waals surface area contributed by atoms with E-state index >= 15 is 0 Å². The summed E-state index contributed by atoms with van der Waals surface area (Å²) < 4.78 is 0. The molecular weight excluding hydrogens is 212 g/mol. The van der Waals surface area contributed by atoms with Crippen molar-refractivity contribution >= 4 is 15.9 Å². The molecule has 0 radical (unpaired) electrons. The number of rotatable bonds is 2. The Morgan fingerprint density at radius 3 is 2.17 bits per heavy atom. The summed E-state index contributed by atoms with van der Waals surface area (Å²) in [5, 5.41) is 0. The molecule has 1 unspecified atom stereocenters. The van der Waals surface area contributed by atoms with Crippen LogP contribution < -0.4 is 0 Å². The predicted octanol–water partition coefficient (Wildman–Crippen LogP) is 4.15. The highest BCUT2D eigenvalue weighted by Crippen LogP contribution is 2.30. The van der Waals surface area contributed by atoms with E-state index in [2.05, 4.69) is 54.9 Å². The summed E-state index contributed by atoms with van der Waals surface area (Å²) >= 11 is 3.69. The number of hydrogen-bond donors (Lipinski definition) is 0. The van der Waals surface area contributed by atoms with Crippen LogP contribution in [0.1, 0.15) is 34.9 Å². The predicted molar refractivity (Wildman–Crippen MR) is 57.9 cm³/mol. The molecule has 0 spiro atoms. The van der Waals surface area contributed by atoms with Crippen molar-refractivity contribution in [1.29, 1.82) is 0 Å². The molecule has 12 heavy (non-hydrogen) atoms. The van der Waals surface area contributed by atoms with Crippen molar-refractivity contribution in [3.8, 4) is 0 Å². The number of alkyl halides is 1. The lowest BCUT2D eigenvalue weighted by atomic mass is 9.99. The summed E-state index contributed by atoms with van der Waals surface area (Å²) in [5.41, 5.74) is 4.23. The molecule has 66 valence electrons. The molecule has 1 aromatic carbocycles. The number of aryl methyl sites for hydroxylation is 2. The summed E-state index contributed by atoms with van der Waals surface area (Å²) in [5.74, 6) is 0. The third-order valence-corrected chi connectivity index (χ3v) is 3.32. The third-order valence-electron chi connectivity index (χ3n) is 2.21. The van der Waals surface area contributed by atoms with Crippen LogP contribution in [0.4, 0.5) is 0 Å². The van der Waals surface area contributed by atoms with Crippen LogP contribution in [0.15, 0.2) is 18.2 Å². The van der Waals surface area contributed by atoms with Crippen LogP contribution in [0.25, 0.3) is 0 Å². The SMILES string of the molecule is CCC(Br)c1c(C)cccc1C. The molecule has 0 saturated carbocycles. The molecule has 1 aromatic rings. The van der Waals surface area contributed by atoms with E-state index in [1.165, 1.54) is 16.7 Å². The zero-order chi connectivity index (χ0) is 9.14. The molecule has 0 bridgehead atoms. The van der Waals surface area contributed by atoms with Gasteiger partial charge >= 0.3 is 0 Å². The van der Waals surface area contributed by atoms with E-state index in [9.17, 15) is 0 Å². The lowest BCUT2D eigenvalue weighted by Crippen LogP contribution is -1.95. The Labute approximate surface area is 83.1 Å². The standard InChI is InChI=1S/C11H15Br/c1-4-10(12)11-8(2)6-5-7-9(11)3/h5-7,10H,4H2,1-3H3. The lowest BCUT2D eigenvalue weighted by Gasteiger charge is -2.13. The second-order valence-corrected chi connectivity index (χ2v) is 4.29. The summed E-state index contributed by atoms with van der Waals surface area (Å²) in [6.07, 6.45) is 1.14. The van der Waals surface area contributed by atoms with Crippen molar-refractivity contribution in [2.45, 2.75) is 32.0 Å². The number of halogens is 1. The largest absolute Gasteiger partial charge is 0.0839 e. The van der Waals surface area contributed by atoms with Crippen LogP contribution >= 0.6 is 15.9 Å². The van der Waals surface area contributed by atoms with Crippen molar-refractivity contribution in [1.82, 2.24) is 0 Å². The molecule has 1 heteroatoms. The van der Waals surface area contributed by atoms with Gasteiger partial charge in [-0.25, -0.2) is 0 Å². The first-order chi connectivity index (χ1) is 5.66. The van der Waals surface area contributed by atoms with Gasteiger partial charge in [0.1, 0.15) is 0 Å². The van der Waals surface area contributed by atoms with Gasteiger partial charge in [0.05, 0.1) is 0 Å². The minimum atomic E-state index is 0.513. The molecule has 0 nitrogen and oxygen atoms in total. The van der Waals surface area contributed by atoms with Crippen LogP contribution in [0.2, 0.25) is 0 Å². The average Bonchev–Trinajstić information content (AvgIpc) is 2.03. The van der Waals surface area contributed by atoms with Gasteiger partial charge < -0.3 is 0 Å². The van der Waals surface area contributed by atoms with Crippen LogP contribution in [-0.4, -0.2) is 0 Å². The van der Waals surface area contributed by atoms with E-state index in [0.29, 0.717) is 4.83 Å². The topological polar surface area (TPSA) is 0 Å². The Morgan fingerprint density at radius 1 is 1.25 bits per heavy atom. The van der Waals surface area contributed by atoms with Crippen LogP contribution in [-0.2, 0) is 0 Å². The van der Waals surface area contributed by atoms with E-state index in [4.69, 9.17) is 0 Å². The minimum Gasteiger partial charge on any atom is -0.0839 e. The van der Waals surface area contributed by atoms with E-state index in [-0.39, 0.29) is 0 Å². The molecule has 0 aliphatic heterocycles. The fourth-order valence-electron chi connectivity index (χ4n) is 1.53. The first-order valence-corrected chi connectivity index (χ1v) is 5.28. The first-order valence-electron chi connectivity index (χ1n) is 4.37. The maximum atomic E-state index is 3.69. The summed E-state index contributed by atoms with van der Waals surface area (Å²) in [6.45, 7) is 6.55. The van der Waals surface area contributed by atoms with Crippen molar-refractivity contribution in [2.24, 2.45) is 0 Å². The molecule has 1 atom stereocenters. The molecule has 0 aliphatic carbocycles. The van der Waals surface area contributed by atoms with Gasteiger partial charge in [0.2, 0.25) is 0 Å². The van der Waals surface area contributed by atoms with Crippen LogP contribution in [0, 0.1) is 13.8 Å². The van der Waals surface area contributed by atoms with Gasteiger partial charge in [0, 0.05) is 4.83 Å². The van der Waals surface area contributed by atoms with E-state index in [1.807, 2.05) is 0 Å². The van der Waals surface area contributed by atoms with Crippen molar-refractivity contribution in [3.05, 3.63) is 34.9 Å². The Balaban J connectivity index is 3.12. The summed E-state index contributed by atoms with van der Waals surface area (Å²) in [7, 11) is 0. The summed E-state index contributed by atoms with van der Waals surface area (Å²) in [6, 6.07) is 6.46. The van der Waals surface area contributed by atoms with Gasteiger partial charge in [-0.2, -0.15) is 0 Å². The van der Waals surface area contributed by atoms with Gasteiger partial charge in [-0.3, -0.25) is 0 Å². The van der Waals surface area contributed by atoms with Crippen LogP contribution in [0.3, 0.4) is 0 Å². The normalized spacial score (nSPS) is 13.0. The lowest BCUT2D eigenvalue weighted by molar-refractivity contribution is 0.893. The van der Waals surface area contributed by atoms with Crippen molar-refractivity contribution in [2.75, 3.05) is 0 Å². The molecule has 0 aromatic heterocycles. The quantitative estimate of drug-likeness (QED) is 0.666. The van der Waals surface area contributed by atoms with Gasteiger partial charge in [0.15, 0.2) is 0 Å². The maximum absolute atomic E-state index is 3.69.